The van der Waals surface area contributed by atoms with Gasteiger partial charge in [0.25, 0.3) is 5.91 Å². The standard InChI is InChI=1S/C27H30N6O3/c28-10-9-23(29)20-4-8-26(30-17-20)36-22-6-7-24-19(16-22)3-5-21(31-24)18-32-11-13-33(14-12-32)27(34)25-2-1-15-35-25/h3-10,16-17,25,29H,1-2,11-15,18,28H2/t25-/m1/s1. The maximum Gasteiger partial charge on any atom is 0.251 e. The maximum absolute atomic E-state index is 12.6. The number of carbonyl (C=O) groups excluding carboxylic acids is 1. The summed E-state index contributed by atoms with van der Waals surface area (Å²) in [4.78, 5) is 25.9. The highest BCUT2D eigenvalue weighted by molar-refractivity contribution is 6.06. The lowest BCUT2D eigenvalue weighted by molar-refractivity contribution is -0.142. The molecular formula is C27H30N6O3. The quantitative estimate of drug-likeness (QED) is 0.493. The van der Waals surface area contributed by atoms with Crippen LogP contribution in [0.1, 0.15) is 24.1 Å². The molecule has 3 N–H and O–H groups in total. The van der Waals surface area contributed by atoms with Crippen LogP contribution in [-0.2, 0) is 16.1 Å². The molecule has 2 aliphatic rings. The van der Waals surface area contributed by atoms with E-state index in [-0.39, 0.29) is 17.7 Å². The zero-order valence-electron chi connectivity index (χ0n) is 20.1. The molecule has 2 fully saturated rings. The Labute approximate surface area is 210 Å². The van der Waals surface area contributed by atoms with Crippen molar-refractivity contribution in [2.24, 2.45) is 5.73 Å². The van der Waals surface area contributed by atoms with Crippen molar-refractivity contribution in [1.29, 1.82) is 5.41 Å². The monoisotopic (exact) mass is 486 g/mol. The normalized spacial score (nSPS) is 18.7. The average Bonchev–Trinajstić information content (AvgIpc) is 3.45. The molecule has 2 aromatic heterocycles. The molecular weight excluding hydrogens is 456 g/mol. The van der Waals surface area contributed by atoms with Gasteiger partial charge in [0.05, 0.1) is 16.9 Å². The van der Waals surface area contributed by atoms with Crippen LogP contribution in [0.15, 0.2) is 60.9 Å². The zero-order chi connectivity index (χ0) is 24.9. The molecule has 186 valence electrons. The van der Waals surface area contributed by atoms with Crippen molar-refractivity contribution in [3.8, 4) is 11.6 Å². The van der Waals surface area contributed by atoms with E-state index in [4.69, 9.17) is 25.6 Å². The van der Waals surface area contributed by atoms with E-state index in [2.05, 4.69) is 16.0 Å². The van der Waals surface area contributed by atoms with Crippen LogP contribution in [-0.4, -0.2) is 70.3 Å². The van der Waals surface area contributed by atoms with Crippen molar-refractivity contribution >= 4 is 22.5 Å². The minimum Gasteiger partial charge on any atom is -0.439 e. The number of hydrogen-bond acceptors (Lipinski definition) is 8. The maximum atomic E-state index is 12.6. The lowest BCUT2D eigenvalue weighted by Gasteiger charge is -2.35. The second kappa shape index (κ2) is 10.8. The number of nitrogens with one attached hydrogen (secondary N) is 1. The predicted molar refractivity (Wildman–Crippen MR) is 137 cm³/mol. The summed E-state index contributed by atoms with van der Waals surface area (Å²) in [5.41, 5.74) is 8.20. The first-order valence-corrected chi connectivity index (χ1v) is 12.2. The Morgan fingerprint density at radius 1 is 1.17 bits per heavy atom. The highest BCUT2D eigenvalue weighted by Gasteiger charge is 2.30. The number of pyridine rings is 2. The summed E-state index contributed by atoms with van der Waals surface area (Å²) in [6, 6.07) is 13.4. The van der Waals surface area contributed by atoms with Gasteiger partial charge in [0.2, 0.25) is 5.88 Å². The van der Waals surface area contributed by atoms with Crippen LogP contribution in [0.3, 0.4) is 0 Å². The van der Waals surface area contributed by atoms with E-state index in [1.807, 2.05) is 29.2 Å². The molecule has 0 radical (unpaired) electrons. The van der Waals surface area contributed by atoms with Crippen LogP contribution in [0.4, 0.5) is 0 Å². The number of hydrogen-bond donors (Lipinski definition) is 2. The highest BCUT2D eigenvalue weighted by Crippen LogP contribution is 2.25. The number of piperazine rings is 1. The Balaban J connectivity index is 1.17. The summed E-state index contributed by atoms with van der Waals surface area (Å²) >= 11 is 0. The lowest BCUT2D eigenvalue weighted by Crippen LogP contribution is -2.51. The number of aromatic nitrogens is 2. The Morgan fingerprint density at radius 3 is 2.75 bits per heavy atom. The fraction of sp³-hybridized carbons (Fsp3) is 0.333. The minimum atomic E-state index is -0.240. The number of allylic oxidation sites excluding steroid dienone is 1. The number of carbonyl (C=O) groups is 1. The SMILES string of the molecule is N=C(C=CN)c1ccc(Oc2ccc3nc(CN4CCN(C(=O)[C@H]5CCCO5)CC4)ccc3c2)nc1. The minimum absolute atomic E-state index is 0.142. The van der Waals surface area contributed by atoms with Gasteiger partial charge < -0.3 is 25.5 Å². The van der Waals surface area contributed by atoms with Gasteiger partial charge in [0.15, 0.2) is 0 Å². The molecule has 2 saturated heterocycles. The van der Waals surface area contributed by atoms with E-state index in [1.54, 1.807) is 18.3 Å². The van der Waals surface area contributed by atoms with Gasteiger partial charge in [-0.3, -0.25) is 14.7 Å². The Morgan fingerprint density at radius 2 is 2.03 bits per heavy atom. The van der Waals surface area contributed by atoms with E-state index in [0.717, 1.165) is 62.2 Å². The number of rotatable bonds is 7. The number of amides is 1. The van der Waals surface area contributed by atoms with E-state index in [0.29, 0.717) is 23.8 Å². The van der Waals surface area contributed by atoms with Gasteiger partial charge in [-0.1, -0.05) is 6.07 Å². The molecule has 9 nitrogen and oxygen atoms in total. The fourth-order valence-corrected chi connectivity index (χ4v) is 4.54. The van der Waals surface area contributed by atoms with Crippen molar-refractivity contribution in [3.05, 3.63) is 72.2 Å². The smallest absolute Gasteiger partial charge is 0.251 e. The van der Waals surface area contributed by atoms with Crippen molar-refractivity contribution in [2.45, 2.75) is 25.5 Å². The van der Waals surface area contributed by atoms with Crippen LogP contribution >= 0.6 is 0 Å². The van der Waals surface area contributed by atoms with Crippen LogP contribution in [0.5, 0.6) is 11.6 Å². The van der Waals surface area contributed by atoms with Gasteiger partial charge >= 0.3 is 0 Å². The highest BCUT2D eigenvalue weighted by atomic mass is 16.5. The van der Waals surface area contributed by atoms with Gasteiger partial charge in [0, 0.05) is 62.5 Å². The Kier molecular flexibility index (Phi) is 7.20. The van der Waals surface area contributed by atoms with Gasteiger partial charge in [-0.25, -0.2) is 4.98 Å². The zero-order valence-corrected chi connectivity index (χ0v) is 20.1. The third kappa shape index (κ3) is 5.53. The topological polar surface area (TPSA) is 118 Å². The van der Waals surface area contributed by atoms with Crippen LogP contribution in [0.2, 0.25) is 0 Å². The van der Waals surface area contributed by atoms with Crippen molar-refractivity contribution in [2.75, 3.05) is 32.8 Å². The molecule has 5 rings (SSSR count). The second-order valence-corrected chi connectivity index (χ2v) is 9.02. The molecule has 0 unspecified atom stereocenters. The van der Waals surface area contributed by atoms with E-state index >= 15 is 0 Å². The summed E-state index contributed by atoms with van der Waals surface area (Å²) < 4.78 is 11.5. The molecule has 4 heterocycles. The van der Waals surface area contributed by atoms with Gasteiger partial charge in [-0.2, -0.15) is 0 Å². The number of nitrogens with two attached hydrogens (primary N) is 1. The van der Waals surface area contributed by atoms with Gasteiger partial charge in [0.1, 0.15) is 11.9 Å². The molecule has 3 aromatic rings. The number of benzene rings is 1. The molecule has 2 aliphatic heterocycles. The van der Waals surface area contributed by atoms with Crippen LogP contribution < -0.4 is 10.5 Å². The molecule has 1 atom stereocenters. The molecule has 0 aliphatic carbocycles. The van der Waals surface area contributed by atoms with Crippen molar-refractivity contribution in [3.63, 3.8) is 0 Å². The van der Waals surface area contributed by atoms with Crippen LogP contribution in [0, 0.1) is 5.41 Å². The lowest BCUT2D eigenvalue weighted by atomic mass is 10.1. The Bertz CT molecular complexity index is 1260. The molecule has 1 amide bonds. The molecule has 9 heteroatoms. The van der Waals surface area contributed by atoms with Gasteiger partial charge in [-0.05, 0) is 55.4 Å². The predicted octanol–water partition coefficient (Wildman–Crippen LogP) is 3.09. The number of fused-ring (bicyclic) bond motifs is 1. The van der Waals surface area contributed by atoms with Crippen LogP contribution in [0.25, 0.3) is 10.9 Å². The average molecular weight is 487 g/mol. The molecule has 36 heavy (non-hydrogen) atoms. The van der Waals surface area contributed by atoms with Gasteiger partial charge in [-0.15, -0.1) is 0 Å². The van der Waals surface area contributed by atoms with E-state index in [1.165, 1.54) is 12.3 Å². The Hall–Kier alpha value is -3.82. The summed E-state index contributed by atoms with van der Waals surface area (Å²) in [6.45, 7) is 4.57. The first-order valence-electron chi connectivity index (χ1n) is 12.2. The third-order valence-electron chi connectivity index (χ3n) is 6.53. The summed E-state index contributed by atoms with van der Waals surface area (Å²) in [6.07, 6.45) is 6.00. The van der Waals surface area contributed by atoms with E-state index < -0.39 is 0 Å². The van der Waals surface area contributed by atoms with Crippen molar-refractivity contribution < 1.29 is 14.3 Å². The molecule has 0 bridgehead atoms. The molecule has 0 saturated carbocycles. The first-order chi connectivity index (χ1) is 17.6. The molecule has 0 spiro atoms. The summed E-state index contributed by atoms with van der Waals surface area (Å²) in [7, 11) is 0. The summed E-state index contributed by atoms with van der Waals surface area (Å²) in [5.74, 6) is 1.26. The van der Waals surface area contributed by atoms with Crippen molar-refractivity contribution in [1.82, 2.24) is 19.8 Å². The second-order valence-electron chi connectivity index (χ2n) is 9.02. The van der Waals surface area contributed by atoms with E-state index in [9.17, 15) is 4.79 Å². The summed E-state index contributed by atoms with van der Waals surface area (Å²) in [5, 5.41) is 8.87. The largest absolute Gasteiger partial charge is 0.439 e. The molecule has 1 aromatic carbocycles. The number of nitrogens with zero attached hydrogens (tertiary/aromatic N) is 4. The third-order valence-corrected chi connectivity index (χ3v) is 6.53. The number of ether oxygens (including phenoxy) is 2. The first kappa shape index (κ1) is 23.9. The fourth-order valence-electron chi connectivity index (χ4n) is 4.54.